The molecule has 0 spiro atoms. The van der Waals surface area contributed by atoms with E-state index in [-0.39, 0.29) is 16.3 Å². The molecule has 0 heterocycles. The van der Waals surface area contributed by atoms with E-state index < -0.39 is 5.82 Å². The lowest BCUT2D eigenvalue weighted by Gasteiger charge is -2.07. The second-order valence-corrected chi connectivity index (χ2v) is 5.20. The highest BCUT2D eigenvalue weighted by atomic mass is 79.9. The van der Waals surface area contributed by atoms with Crippen molar-refractivity contribution in [2.75, 3.05) is 10.6 Å². The second-order valence-electron chi connectivity index (χ2n) is 4.34. The largest absolute Gasteiger partial charge is 0.326 e. The number of rotatable bonds is 3. The monoisotopic (exact) mass is 350 g/mol. The number of hydrogen-bond acceptors (Lipinski definition) is 2. The second kappa shape index (κ2) is 6.49. The smallest absolute Gasteiger partial charge is 0.255 e. The van der Waals surface area contributed by atoms with E-state index in [2.05, 4.69) is 26.6 Å². The summed E-state index contributed by atoms with van der Waals surface area (Å²) in [6.45, 7) is 1.42. The Kier molecular flexibility index (Phi) is 4.70. The topological polar surface area (TPSA) is 58.2 Å². The standard InChI is InChI=1S/C15H12BrFN2O2/c1-9(20)18-11-3-5-12(6-4-11)19-15(21)10-2-7-14(17)13(16)8-10/h2-8H,1H3,(H,18,20)(H,19,21). The minimum atomic E-state index is -0.425. The number of halogens is 2. The first-order valence-corrected chi connectivity index (χ1v) is 6.89. The van der Waals surface area contributed by atoms with E-state index in [9.17, 15) is 14.0 Å². The number of amides is 2. The van der Waals surface area contributed by atoms with E-state index in [1.807, 2.05) is 0 Å². The van der Waals surface area contributed by atoms with Crippen LogP contribution in [0.1, 0.15) is 17.3 Å². The molecule has 0 fully saturated rings. The number of nitrogens with one attached hydrogen (secondary N) is 2. The molecule has 21 heavy (non-hydrogen) atoms. The van der Waals surface area contributed by atoms with Crippen LogP contribution >= 0.6 is 15.9 Å². The summed E-state index contributed by atoms with van der Waals surface area (Å²) in [7, 11) is 0. The Morgan fingerprint density at radius 2 is 1.57 bits per heavy atom. The first-order chi connectivity index (χ1) is 9.95. The fourth-order valence-corrected chi connectivity index (χ4v) is 2.06. The predicted octanol–water partition coefficient (Wildman–Crippen LogP) is 3.80. The zero-order valence-electron chi connectivity index (χ0n) is 11.1. The molecule has 2 amide bonds. The van der Waals surface area contributed by atoms with Crippen LogP contribution in [0.3, 0.4) is 0 Å². The molecule has 0 saturated carbocycles. The van der Waals surface area contributed by atoms with Crippen molar-refractivity contribution in [2.45, 2.75) is 6.92 Å². The van der Waals surface area contributed by atoms with Crippen molar-refractivity contribution < 1.29 is 14.0 Å². The molecule has 2 aromatic rings. The van der Waals surface area contributed by atoms with E-state index in [0.29, 0.717) is 16.9 Å². The summed E-state index contributed by atoms with van der Waals surface area (Å²) < 4.78 is 13.4. The Morgan fingerprint density at radius 1 is 1.00 bits per heavy atom. The molecule has 2 N–H and O–H groups in total. The van der Waals surface area contributed by atoms with Crippen molar-refractivity contribution in [2.24, 2.45) is 0 Å². The summed E-state index contributed by atoms with van der Waals surface area (Å²) in [5, 5.41) is 5.32. The van der Waals surface area contributed by atoms with Gasteiger partial charge in [-0.05, 0) is 58.4 Å². The molecule has 0 atom stereocenters. The first-order valence-electron chi connectivity index (χ1n) is 6.10. The first kappa shape index (κ1) is 15.2. The Morgan fingerprint density at radius 3 is 2.10 bits per heavy atom. The van der Waals surface area contributed by atoms with E-state index in [4.69, 9.17) is 0 Å². The molecule has 0 radical (unpaired) electrons. The minimum Gasteiger partial charge on any atom is -0.326 e. The average molecular weight is 351 g/mol. The molecular formula is C15H12BrFN2O2. The molecule has 0 aliphatic heterocycles. The van der Waals surface area contributed by atoms with Gasteiger partial charge in [0, 0.05) is 23.9 Å². The highest BCUT2D eigenvalue weighted by Gasteiger charge is 2.09. The fourth-order valence-electron chi connectivity index (χ4n) is 1.68. The molecule has 2 rings (SSSR count). The summed E-state index contributed by atoms with van der Waals surface area (Å²) in [4.78, 5) is 22.9. The van der Waals surface area contributed by atoms with Gasteiger partial charge in [-0.1, -0.05) is 0 Å². The maximum Gasteiger partial charge on any atom is 0.255 e. The summed E-state index contributed by atoms with van der Waals surface area (Å²) in [6, 6.07) is 10.7. The van der Waals surface area contributed by atoms with Crippen molar-refractivity contribution in [1.82, 2.24) is 0 Å². The van der Waals surface area contributed by atoms with Crippen LogP contribution in [0.25, 0.3) is 0 Å². The van der Waals surface area contributed by atoms with Gasteiger partial charge in [0.05, 0.1) is 4.47 Å². The molecule has 0 aromatic heterocycles. The lowest BCUT2D eigenvalue weighted by atomic mass is 10.2. The summed E-state index contributed by atoms with van der Waals surface area (Å²) >= 11 is 3.04. The number of carbonyl (C=O) groups is 2. The van der Waals surface area contributed by atoms with Gasteiger partial charge in [-0.25, -0.2) is 4.39 Å². The maximum atomic E-state index is 13.1. The zero-order chi connectivity index (χ0) is 15.4. The minimum absolute atomic E-state index is 0.164. The predicted molar refractivity (Wildman–Crippen MR) is 82.8 cm³/mol. The van der Waals surface area contributed by atoms with Crippen LogP contribution in [0.15, 0.2) is 46.9 Å². The van der Waals surface area contributed by atoms with Crippen molar-refractivity contribution >= 4 is 39.1 Å². The summed E-state index contributed by atoms with van der Waals surface area (Å²) in [5.74, 6) is -0.933. The molecule has 0 aliphatic carbocycles. The van der Waals surface area contributed by atoms with Gasteiger partial charge in [-0.15, -0.1) is 0 Å². The lowest BCUT2D eigenvalue weighted by Crippen LogP contribution is -2.12. The molecule has 0 bridgehead atoms. The maximum absolute atomic E-state index is 13.1. The molecule has 6 heteroatoms. The van der Waals surface area contributed by atoms with Gasteiger partial charge in [0.25, 0.3) is 5.91 Å². The number of anilines is 2. The number of benzene rings is 2. The average Bonchev–Trinajstić information content (AvgIpc) is 2.43. The van der Waals surface area contributed by atoms with Crippen LogP contribution in [-0.2, 0) is 4.79 Å². The molecule has 0 saturated heterocycles. The Labute approximate surface area is 129 Å². The van der Waals surface area contributed by atoms with Gasteiger partial charge in [-0.2, -0.15) is 0 Å². The van der Waals surface area contributed by atoms with Crippen LogP contribution in [0.4, 0.5) is 15.8 Å². The molecule has 108 valence electrons. The van der Waals surface area contributed by atoms with Gasteiger partial charge in [-0.3, -0.25) is 9.59 Å². The third-order valence-corrected chi connectivity index (χ3v) is 3.25. The number of hydrogen-bond donors (Lipinski definition) is 2. The fraction of sp³-hybridized carbons (Fsp3) is 0.0667. The lowest BCUT2D eigenvalue weighted by molar-refractivity contribution is -0.114. The molecular weight excluding hydrogens is 339 g/mol. The third-order valence-electron chi connectivity index (χ3n) is 2.64. The van der Waals surface area contributed by atoms with Gasteiger partial charge in [0.15, 0.2) is 0 Å². The molecule has 2 aromatic carbocycles. The van der Waals surface area contributed by atoms with Gasteiger partial charge in [0.1, 0.15) is 5.82 Å². The van der Waals surface area contributed by atoms with Crippen LogP contribution in [0, 0.1) is 5.82 Å². The quantitative estimate of drug-likeness (QED) is 0.884. The van der Waals surface area contributed by atoms with Crippen LogP contribution in [0.2, 0.25) is 0 Å². The van der Waals surface area contributed by atoms with Gasteiger partial charge in [0.2, 0.25) is 5.91 Å². The van der Waals surface area contributed by atoms with Gasteiger partial charge < -0.3 is 10.6 Å². The van der Waals surface area contributed by atoms with E-state index in [1.165, 1.54) is 25.1 Å². The summed E-state index contributed by atoms with van der Waals surface area (Å²) in [6.07, 6.45) is 0. The molecule has 0 aliphatic rings. The Balaban J connectivity index is 2.08. The van der Waals surface area contributed by atoms with Crippen LogP contribution < -0.4 is 10.6 Å². The van der Waals surface area contributed by atoms with E-state index >= 15 is 0 Å². The third kappa shape index (κ3) is 4.13. The van der Waals surface area contributed by atoms with Gasteiger partial charge >= 0.3 is 0 Å². The molecule has 4 nitrogen and oxygen atoms in total. The van der Waals surface area contributed by atoms with Crippen LogP contribution in [0.5, 0.6) is 0 Å². The van der Waals surface area contributed by atoms with Crippen molar-refractivity contribution in [3.05, 3.63) is 58.3 Å². The Hall–Kier alpha value is -2.21. The summed E-state index contributed by atoms with van der Waals surface area (Å²) in [5.41, 5.74) is 1.56. The van der Waals surface area contributed by atoms with Crippen LogP contribution in [-0.4, -0.2) is 11.8 Å². The van der Waals surface area contributed by atoms with E-state index in [1.54, 1.807) is 24.3 Å². The highest BCUT2D eigenvalue weighted by Crippen LogP contribution is 2.19. The number of carbonyl (C=O) groups excluding carboxylic acids is 2. The highest BCUT2D eigenvalue weighted by molar-refractivity contribution is 9.10. The Bertz CT molecular complexity index is 687. The van der Waals surface area contributed by atoms with Crippen molar-refractivity contribution in [1.29, 1.82) is 0 Å². The zero-order valence-corrected chi connectivity index (χ0v) is 12.7. The van der Waals surface area contributed by atoms with Crippen molar-refractivity contribution in [3.63, 3.8) is 0 Å². The molecule has 0 unspecified atom stereocenters. The normalized spacial score (nSPS) is 10.0. The SMILES string of the molecule is CC(=O)Nc1ccc(NC(=O)c2ccc(F)c(Br)c2)cc1. The van der Waals surface area contributed by atoms with Crippen molar-refractivity contribution in [3.8, 4) is 0 Å². The van der Waals surface area contributed by atoms with E-state index in [0.717, 1.165) is 0 Å².